The van der Waals surface area contributed by atoms with Crippen molar-refractivity contribution in [3.8, 4) is 5.75 Å². The van der Waals surface area contributed by atoms with Crippen molar-refractivity contribution in [2.24, 2.45) is 41.4 Å². The Bertz CT molecular complexity index is 2410. The Morgan fingerprint density at radius 3 is 2.29 bits per heavy atom. The van der Waals surface area contributed by atoms with Crippen LogP contribution in [-0.2, 0) is 39.9 Å². The van der Waals surface area contributed by atoms with E-state index in [0.717, 1.165) is 47.2 Å². The first-order valence-corrected chi connectivity index (χ1v) is 27.6. The number of aliphatic hydroxyl groups excluding tert-OH is 1. The molecule has 1 aromatic heterocycles. The predicted octanol–water partition coefficient (Wildman–Crippen LogP) is 10.3. The summed E-state index contributed by atoms with van der Waals surface area (Å²) in [5, 5.41) is 25.6. The smallest absolute Gasteiger partial charge is 0.293 e. The molecule has 12 nitrogen and oxygen atoms in total. The summed E-state index contributed by atoms with van der Waals surface area (Å²) in [4.78, 5) is 59.7. The summed E-state index contributed by atoms with van der Waals surface area (Å²) in [6.07, 6.45) is 10.6. The van der Waals surface area contributed by atoms with Crippen molar-refractivity contribution in [2.45, 2.75) is 181 Å². The number of methoxy groups -OCH3 is 2. The van der Waals surface area contributed by atoms with Gasteiger partial charge in [-0.1, -0.05) is 81.3 Å². The number of allylic oxidation sites excluding steroid dienone is 4. The minimum Gasteiger partial charge on any atom is -0.488 e. The quantitative estimate of drug-likeness (QED) is 0.140. The van der Waals surface area contributed by atoms with E-state index >= 15 is 0 Å². The molecule has 3 heterocycles. The van der Waals surface area contributed by atoms with Crippen molar-refractivity contribution in [3.05, 3.63) is 89.7 Å². The number of hydrogen-bond donors (Lipinski definition) is 2. The van der Waals surface area contributed by atoms with Crippen molar-refractivity contribution < 1.29 is 48.3 Å². The number of ketones is 3. The molecule has 400 valence electrons. The van der Waals surface area contributed by atoms with Crippen LogP contribution < -0.4 is 4.74 Å². The van der Waals surface area contributed by atoms with E-state index in [0.29, 0.717) is 58.0 Å². The van der Waals surface area contributed by atoms with Crippen LogP contribution in [0.2, 0.25) is 0 Å². The number of benzene rings is 2. The average Bonchev–Trinajstić information content (AvgIpc) is 3.78. The summed E-state index contributed by atoms with van der Waals surface area (Å²) in [5.74, 6) is -3.20. The lowest BCUT2D eigenvalue weighted by Gasteiger charge is -2.47. The van der Waals surface area contributed by atoms with E-state index in [9.17, 15) is 29.4 Å². The molecule has 3 fully saturated rings. The second-order valence-electron chi connectivity index (χ2n) is 22.5. The van der Waals surface area contributed by atoms with E-state index in [-0.39, 0.29) is 85.5 Å². The number of carbonyl (C=O) groups is 4. The van der Waals surface area contributed by atoms with E-state index in [1.807, 2.05) is 52.8 Å². The number of rotatable bonds is 11. The van der Waals surface area contributed by atoms with Crippen LogP contribution in [-0.4, -0.2) is 112 Å². The minimum absolute atomic E-state index is 0.00410. The average molecular weight is 1010 g/mol. The maximum absolute atomic E-state index is 14.9. The molecule has 73 heavy (non-hydrogen) atoms. The van der Waals surface area contributed by atoms with Crippen LogP contribution in [0.25, 0.3) is 10.9 Å². The number of aromatic nitrogens is 1. The Labute approximate surface area is 435 Å². The van der Waals surface area contributed by atoms with Crippen LogP contribution in [0.1, 0.15) is 138 Å². The monoisotopic (exact) mass is 1010 g/mol. The van der Waals surface area contributed by atoms with Gasteiger partial charge >= 0.3 is 0 Å². The van der Waals surface area contributed by atoms with Gasteiger partial charge in [-0.25, -0.2) is 0 Å². The number of ether oxygens (including phenoxy) is 4. The van der Waals surface area contributed by atoms with Crippen molar-refractivity contribution in [3.63, 3.8) is 0 Å². The van der Waals surface area contributed by atoms with E-state index in [1.165, 1.54) is 10.5 Å². The maximum atomic E-state index is 14.9. The molecule has 1 saturated heterocycles. The van der Waals surface area contributed by atoms with E-state index in [1.54, 1.807) is 21.1 Å². The molecule has 4 aliphatic rings. The first kappa shape index (κ1) is 56.3. The van der Waals surface area contributed by atoms with Gasteiger partial charge in [-0.3, -0.25) is 19.2 Å². The summed E-state index contributed by atoms with van der Waals surface area (Å²) in [5.41, 5.74) is 2.41. The highest BCUT2D eigenvalue weighted by Crippen LogP contribution is 2.44. The Balaban J connectivity index is 1.15. The number of hydrogen-bond acceptors (Lipinski definition) is 10. The van der Waals surface area contributed by atoms with Crippen molar-refractivity contribution >= 4 is 34.2 Å². The van der Waals surface area contributed by atoms with Crippen molar-refractivity contribution in [2.75, 3.05) is 27.4 Å². The van der Waals surface area contributed by atoms with Gasteiger partial charge in [0.15, 0.2) is 5.78 Å². The summed E-state index contributed by atoms with van der Waals surface area (Å²) in [6.45, 7) is 15.5. The Kier molecular flexibility index (Phi) is 19.6. The highest BCUT2D eigenvalue weighted by Gasteiger charge is 2.55. The lowest BCUT2D eigenvalue weighted by Crippen LogP contribution is -2.61. The second-order valence-corrected chi connectivity index (χ2v) is 22.5. The standard InChI is InChI=1S/C61H86N2O10/c1-10-45-28-38(3)27-39(4)29-56(70-8)49-36-61(69,41(6)31-57(49)71-9)59(67)60(68)63-25-16-15-19-51(63)54(66)34-48(42(7)52(64)35-53(45)65)40(5)30-44-20-23-55(58(32-44)72-11-2)73-47-21-22-50-46(33-47)24-26-62(50)37-43-17-13-12-14-18-43/h12-14,17-18,21-22,24,26,28,30,33,39,41-42,44-45,48-49,51-52,55-58,64,69H,10-11,15-16,19-20,23,25,27,29,31-32,34-37H2,1-9H3/b38-28+,40-30?. The molecule has 1 amide bonds. The molecule has 2 bridgehead atoms. The van der Waals surface area contributed by atoms with Gasteiger partial charge in [0.25, 0.3) is 11.7 Å². The molecule has 3 aromatic rings. The van der Waals surface area contributed by atoms with Crippen LogP contribution in [0.15, 0.2) is 84.1 Å². The summed E-state index contributed by atoms with van der Waals surface area (Å²) in [7, 11) is 3.27. The number of piperidine rings is 1. The van der Waals surface area contributed by atoms with Gasteiger partial charge in [-0.15, -0.1) is 0 Å². The fourth-order valence-corrected chi connectivity index (χ4v) is 13.1. The van der Waals surface area contributed by atoms with Gasteiger partial charge in [0.05, 0.1) is 30.5 Å². The first-order chi connectivity index (χ1) is 35.0. The number of amides is 1. The second kappa shape index (κ2) is 25.4. The number of Topliss-reactive ketones (excluding diaryl/α,β-unsaturated/α-hetero) is 3. The lowest BCUT2D eigenvalue weighted by atomic mass is 9.65. The number of aliphatic hydroxyl groups is 2. The zero-order chi connectivity index (χ0) is 52.6. The van der Waals surface area contributed by atoms with Crippen LogP contribution in [0, 0.1) is 41.4 Å². The Morgan fingerprint density at radius 1 is 0.836 bits per heavy atom. The highest BCUT2D eigenvalue weighted by atomic mass is 16.5. The van der Waals surface area contributed by atoms with Crippen LogP contribution >= 0.6 is 0 Å². The molecule has 12 heteroatoms. The Morgan fingerprint density at radius 2 is 1.58 bits per heavy atom. The molecule has 2 N–H and O–H groups in total. The molecule has 0 spiro atoms. The molecule has 2 aliphatic heterocycles. The lowest BCUT2D eigenvalue weighted by molar-refractivity contribution is -0.176. The third-order valence-electron chi connectivity index (χ3n) is 17.4. The fourth-order valence-electron chi connectivity index (χ4n) is 13.1. The van der Waals surface area contributed by atoms with Gasteiger partial charge in [0.2, 0.25) is 0 Å². The van der Waals surface area contributed by atoms with Crippen LogP contribution in [0.5, 0.6) is 5.75 Å². The number of fused-ring (bicyclic) bond motifs is 4. The molecule has 0 radical (unpaired) electrons. The normalized spacial score (nSPS) is 34.7. The molecule has 7 rings (SSSR count). The molecule has 14 unspecified atom stereocenters. The summed E-state index contributed by atoms with van der Waals surface area (Å²) < 4.78 is 27.5. The Hall–Kier alpha value is -4.46. The SMILES string of the molecule is CCOC1CC(C=C(C)C2CC(=O)C3CCCCN3C(=O)C(=O)C3(O)CC(C(OC)CC(C)C/C(C)=C/C(CC)C(=O)CC(O)C2C)C(OC)CC3C)CCC1Oc1ccc2c(ccn2Cc2ccccc2)c1. The number of nitrogens with zero attached hydrogens (tertiary/aromatic N) is 2. The van der Waals surface area contributed by atoms with Gasteiger partial charge in [0.1, 0.15) is 23.2 Å². The first-order valence-electron chi connectivity index (χ1n) is 27.6. The summed E-state index contributed by atoms with van der Waals surface area (Å²) >= 11 is 0. The molecular formula is C61H86N2O10. The molecule has 2 saturated carbocycles. The van der Waals surface area contributed by atoms with Gasteiger partial charge in [-0.05, 0) is 151 Å². The fraction of sp³-hybridized carbons (Fsp3) is 0.639. The molecule has 2 aromatic carbocycles. The van der Waals surface area contributed by atoms with E-state index in [2.05, 4.69) is 66.2 Å². The zero-order valence-corrected chi connectivity index (χ0v) is 45.3. The molecule has 2 aliphatic carbocycles. The third kappa shape index (κ3) is 13.3. The largest absolute Gasteiger partial charge is 0.488 e. The maximum Gasteiger partial charge on any atom is 0.293 e. The zero-order valence-electron chi connectivity index (χ0n) is 45.3. The van der Waals surface area contributed by atoms with Crippen molar-refractivity contribution in [1.82, 2.24) is 9.47 Å². The predicted molar refractivity (Wildman–Crippen MR) is 285 cm³/mol. The molecule has 14 atom stereocenters. The minimum atomic E-state index is -1.97. The van der Waals surface area contributed by atoms with Crippen LogP contribution in [0.3, 0.4) is 0 Å². The van der Waals surface area contributed by atoms with Crippen molar-refractivity contribution in [1.29, 1.82) is 0 Å². The molecular weight excluding hydrogens is 921 g/mol. The van der Waals surface area contributed by atoms with Gasteiger partial charge in [0, 0.05) is 75.7 Å². The number of carbonyl (C=O) groups excluding carboxylic acids is 4. The summed E-state index contributed by atoms with van der Waals surface area (Å²) in [6, 6.07) is 17.9. The van der Waals surface area contributed by atoms with Gasteiger partial charge < -0.3 is 38.6 Å². The topological polar surface area (TPSA) is 154 Å². The van der Waals surface area contributed by atoms with Gasteiger partial charge in [-0.2, -0.15) is 0 Å². The van der Waals surface area contributed by atoms with E-state index in [4.69, 9.17) is 18.9 Å². The van der Waals surface area contributed by atoms with Crippen LogP contribution in [0.4, 0.5) is 0 Å². The third-order valence-corrected chi connectivity index (χ3v) is 17.4. The highest BCUT2D eigenvalue weighted by molar-refractivity contribution is 6.39. The van der Waals surface area contributed by atoms with E-state index < -0.39 is 47.2 Å².